The van der Waals surface area contributed by atoms with E-state index in [4.69, 9.17) is 0 Å². The molecule has 0 bridgehead atoms. The first-order chi connectivity index (χ1) is 7.83. The number of hydrogen-bond acceptors (Lipinski definition) is 4. The molecule has 1 N–H and O–H groups in total. The van der Waals surface area contributed by atoms with Crippen molar-refractivity contribution in [1.29, 1.82) is 0 Å². The predicted octanol–water partition coefficient (Wildman–Crippen LogP) is 1.16. The third-order valence-electron chi connectivity index (χ3n) is 2.39. The molecule has 0 aliphatic carbocycles. The van der Waals surface area contributed by atoms with Crippen molar-refractivity contribution < 1.29 is 5.11 Å². The Hall–Kier alpha value is -1.75. The van der Waals surface area contributed by atoms with Gasteiger partial charge in [0.1, 0.15) is 12.4 Å². The average molecular weight is 218 g/mol. The van der Waals surface area contributed by atoms with E-state index in [1.54, 1.807) is 24.9 Å². The first-order valence-corrected chi connectivity index (χ1v) is 5.26. The van der Waals surface area contributed by atoms with Crippen LogP contribution in [0.2, 0.25) is 0 Å². The van der Waals surface area contributed by atoms with Crippen molar-refractivity contribution >= 4 is 0 Å². The second-order valence-electron chi connectivity index (χ2n) is 3.59. The Kier molecular flexibility index (Phi) is 3.26. The summed E-state index contributed by atoms with van der Waals surface area (Å²) in [6, 6.07) is 0. The van der Waals surface area contributed by atoms with Gasteiger partial charge in [-0.25, -0.2) is 15.0 Å². The lowest BCUT2D eigenvalue weighted by Gasteiger charge is -2.12. The molecule has 84 valence electrons. The summed E-state index contributed by atoms with van der Waals surface area (Å²) in [5, 5.41) is 10.1. The summed E-state index contributed by atoms with van der Waals surface area (Å²) in [6.07, 6.45) is 8.36. The highest BCUT2D eigenvalue weighted by Gasteiger charge is 2.15. The van der Waals surface area contributed by atoms with Crippen molar-refractivity contribution in [2.45, 2.75) is 26.0 Å². The zero-order valence-corrected chi connectivity index (χ0v) is 9.11. The van der Waals surface area contributed by atoms with Gasteiger partial charge in [-0.2, -0.15) is 0 Å². The van der Waals surface area contributed by atoms with E-state index in [-0.39, 0.29) is 0 Å². The number of aliphatic hydroxyl groups excluding tert-OH is 1. The van der Waals surface area contributed by atoms with Gasteiger partial charge >= 0.3 is 0 Å². The molecule has 0 aliphatic rings. The molecular weight excluding hydrogens is 204 g/mol. The van der Waals surface area contributed by atoms with Crippen LogP contribution in [0, 0.1) is 0 Å². The molecule has 16 heavy (non-hydrogen) atoms. The normalized spacial score (nSPS) is 12.6. The van der Waals surface area contributed by atoms with Crippen LogP contribution in [0.5, 0.6) is 0 Å². The first-order valence-electron chi connectivity index (χ1n) is 5.26. The van der Waals surface area contributed by atoms with E-state index in [1.165, 1.54) is 6.33 Å². The van der Waals surface area contributed by atoms with Crippen molar-refractivity contribution in [3.8, 4) is 0 Å². The first kappa shape index (κ1) is 10.8. The highest BCUT2D eigenvalue weighted by Crippen LogP contribution is 2.20. The molecule has 5 heteroatoms. The Morgan fingerprint density at radius 3 is 2.69 bits per heavy atom. The maximum absolute atomic E-state index is 10.1. The van der Waals surface area contributed by atoms with Crippen molar-refractivity contribution in [3.05, 3.63) is 42.5 Å². The molecular formula is C11H14N4O. The molecule has 2 aromatic heterocycles. The minimum atomic E-state index is -0.713. The molecule has 0 saturated carbocycles. The molecule has 2 aromatic rings. The molecule has 0 aliphatic heterocycles. The number of hydrogen-bond donors (Lipinski definition) is 1. The van der Waals surface area contributed by atoms with Crippen LogP contribution in [0.1, 0.15) is 30.7 Å². The highest BCUT2D eigenvalue weighted by molar-refractivity contribution is 5.19. The van der Waals surface area contributed by atoms with Gasteiger partial charge in [-0.3, -0.25) is 0 Å². The van der Waals surface area contributed by atoms with Crippen LogP contribution in [0.3, 0.4) is 0 Å². The molecule has 2 rings (SSSR count). The zero-order valence-electron chi connectivity index (χ0n) is 9.11. The van der Waals surface area contributed by atoms with E-state index in [9.17, 15) is 5.11 Å². The summed E-state index contributed by atoms with van der Waals surface area (Å²) in [4.78, 5) is 11.8. The number of nitrogens with zero attached hydrogens (tertiary/aromatic N) is 4. The van der Waals surface area contributed by atoms with Crippen LogP contribution >= 0.6 is 0 Å². The molecule has 0 spiro atoms. The van der Waals surface area contributed by atoms with Crippen LogP contribution in [-0.2, 0) is 6.54 Å². The van der Waals surface area contributed by atoms with Crippen molar-refractivity contribution in [2.24, 2.45) is 0 Å². The van der Waals surface area contributed by atoms with Crippen LogP contribution in [0.25, 0.3) is 0 Å². The molecule has 0 amide bonds. The van der Waals surface area contributed by atoms with Crippen molar-refractivity contribution in [1.82, 2.24) is 19.5 Å². The fraction of sp³-hybridized carbons (Fsp3) is 0.364. The fourth-order valence-corrected chi connectivity index (χ4v) is 1.61. The lowest BCUT2D eigenvalue weighted by Crippen LogP contribution is -2.08. The molecule has 0 radical (unpaired) electrons. The van der Waals surface area contributed by atoms with Crippen LogP contribution < -0.4 is 0 Å². The van der Waals surface area contributed by atoms with Gasteiger partial charge in [0.05, 0.1) is 18.2 Å². The summed E-state index contributed by atoms with van der Waals surface area (Å²) >= 11 is 0. The third kappa shape index (κ3) is 2.09. The van der Waals surface area contributed by atoms with E-state index in [1.807, 2.05) is 4.57 Å². The van der Waals surface area contributed by atoms with E-state index in [2.05, 4.69) is 21.9 Å². The predicted molar refractivity (Wildman–Crippen MR) is 58.6 cm³/mol. The highest BCUT2D eigenvalue weighted by atomic mass is 16.3. The number of aryl methyl sites for hydroxylation is 1. The lowest BCUT2D eigenvalue weighted by atomic mass is 10.1. The standard InChI is InChI=1S/C11H14N4O/c1-2-3-15-8-14-6-10(15)11(16)9-4-12-7-13-5-9/h4-8,11,16H,2-3H2,1H3. The maximum atomic E-state index is 10.1. The second kappa shape index (κ2) is 4.85. The van der Waals surface area contributed by atoms with E-state index >= 15 is 0 Å². The fourth-order valence-electron chi connectivity index (χ4n) is 1.61. The number of imidazole rings is 1. The van der Waals surface area contributed by atoms with Gasteiger partial charge in [-0.05, 0) is 6.42 Å². The molecule has 0 fully saturated rings. The van der Waals surface area contributed by atoms with E-state index in [0.29, 0.717) is 5.56 Å². The van der Waals surface area contributed by atoms with Gasteiger partial charge in [0, 0.05) is 24.5 Å². The van der Waals surface area contributed by atoms with Crippen LogP contribution in [-0.4, -0.2) is 24.6 Å². The maximum Gasteiger partial charge on any atom is 0.124 e. The summed E-state index contributed by atoms with van der Waals surface area (Å²) in [6.45, 7) is 2.93. The van der Waals surface area contributed by atoms with Crippen LogP contribution in [0.4, 0.5) is 0 Å². The quantitative estimate of drug-likeness (QED) is 0.836. The van der Waals surface area contributed by atoms with Crippen molar-refractivity contribution in [3.63, 3.8) is 0 Å². The van der Waals surface area contributed by atoms with Gasteiger partial charge in [0.25, 0.3) is 0 Å². The molecule has 1 atom stereocenters. The average Bonchev–Trinajstić information content (AvgIpc) is 2.78. The SMILES string of the molecule is CCCn1cncc1C(O)c1cncnc1. The van der Waals surface area contributed by atoms with Gasteiger partial charge in [0.15, 0.2) is 0 Å². The summed E-state index contributed by atoms with van der Waals surface area (Å²) in [7, 11) is 0. The Morgan fingerprint density at radius 2 is 2.00 bits per heavy atom. The number of aliphatic hydroxyl groups is 1. The Labute approximate surface area is 93.8 Å². The second-order valence-corrected chi connectivity index (χ2v) is 3.59. The van der Waals surface area contributed by atoms with E-state index in [0.717, 1.165) is 18.7 Å². The molecule has 0 saturated heterocycles. The van der Waals surface area contributed by atoms with Gasteiger partial charge in [-0.15, -0.1) is 0 Å². The molecule has 0 aromatic carbocycles. The molecule has 2 heterocycles. The third-order valence-corrected chi connectivity index (χ3v) is 2.39. The Morgan fingerprint density at radius 1 is 1.25 bits per heavy atom. The zero-order chi connectivity index (χ0) is 11.4. The summed E-state index contributed by atoms with van der Waals surface area (Å²) in [5.74, 6) is 0. The largest absolute Gasteiger partial charge is 0.382 e. The Bertz CT molecular complexity index is 440. The van der Waals surface area contributed by atoms with Crippen molar-refractivity contribution in [2.75, 3.05) is 0 Å². The Balaban J connectivity index is 2.27. The van der Waals surface area contributed by atoms with Crippen LogP contribution in [0.15, 0.2) is 31.2 Å². The van der Waals surface area contributed by atoms with E-state index < -0.39 is 6.10 Å². The molecule has 5 nitrogen and oxygen atoms in total. The minimum Gasteiger partial charge on any atom is -0.382 e. The van der Waals surface area contributed by atoms with Gasteiger partial charge in [-0.1, -0.05) is 6.92 Å². The summed E-state index contributed by atoms with van der Waals surface area (Å²) < 4.78 is 1.94. The summed E-state index contributed by atoms with van der Waals surface area (Å²) in [5.41, 5.74) is 1.46. The van der Waals surface area contributed by atoms with Gasteiger partial charge < -0.3 is 9.67 Å². The number of rotatable bonds is 4. The topological polar surface area (TPSA) is 63.8 Å². The smallest absolute Gasteiger partial charge is 0.124 e. The minimum absolute atomic E-state index is 0.681. The molecule has 1 unspecified atom stereocenters. The number of aromatic nitrogens is 4. The lowest BCUT2D eigenvalue weighted by molar-refractivity contribution is 0.208. The monoisotopic (exact) mass is 218 g/mol. The van der Waals surface area contributed by atoms with Gasteiger partial charge in [0.2, 0.25) is 0 Å².